The minimum absolute atomic E-state index is 1.06. The Morgan fingerprint density at radius 3 is 1.69 bits per heavy atom. The largest absolute Gasteiger partial charge is 0.179 e. The molecular weight excluding hydrogens is 545 g/mol. The van der Waals surface area contributed by atoms with Crippen molar-refractivity contribution in [3.63, 3.8) is 0 Å². The first kappa shape index (κ1) is 36.0. The molecule has 2 heteroatoms. The van der Waals surface area contributed by atoms with Crippen LogP contribution in [-0.2, 0) is 6.42 Å². The second-order valence-electron chi connectivity index (χ2n) is 11.1. The molecule has 4 aromatic carbocycles. The first-order valence-electron chi connectivity index (χ1n) is 16.5. The molecule has 0 atom stereocenters. The van der Waals surface area contributed by atoms with Gasteiger partial charge in [-0.15, -0.1) is 0 Å². The van der Waals surface area contributed by atoms with Crippen molar-refractivity contribution in [2.24, 2.45) is 0 Å². The van der Waals surface area contributed by atoms with Crippen LogP contribution in [0, 0.1) is 0 Å². The highest BCUT2D eigenvalue weighted by atomic mass is 32.2. The van der Waals surface area contributed by atoms with E-state index in [0.717, 1.165) is 5.75 Å². The summed E-state index contributed by atoms with van der Waals surface area (Å²) in [6.07, 6.45) is 19.8. The summed E-state index contributed by atoms with van der Waals surface area (Å²) in [5, 5.41) is 5.27. The van der Waals surface area contributed by atoms with Crippen molar-refractivity contribution in [3.8, 4) is 0 Å². The van der Waals surface area contributed by atoms with Crippen LogP contribution >= 0.6 is 24.4 Å². The first-order valence-corrected chi connectivity index (χ1v) is 18.3. The van der Waals surface area contributed by atoms with Gasteiger partial charge in [-0.05, 0) is 75.3 Å². The summed E-state index contributed by atoms with van der Waals surface area (Å²) in [5.41, 5.74) is 2.65. The van der Waals surface area contributed by atoms with Crippen LogP contribution in [0.5, 0.6) is 0 Å². The van der Waals surface area contributed by atoms with Crippen molar-refractivity contribution in [1.82, 2.24) is 0 Å². The van der Waals surface area contributed by atoms with Gasteiger partial charge in [-0.25, -0.2) is 0 Å². The smallest absolute Gasteiger partial charge is 0.00270 e. The molecule has 0 unspecified atom stereocenters. The Balaban J connectivity index is 0.000000247. The molecular formula is C40H56S2. The molecule has 0 nitrogen and oxygen atoms in total. The third-order valence-electron chi connectivity index (χ3n) is 7.51. The van der Waals surface area contributed by atoms with E-state index < -0.39 is 0 Å². The van der Waals surface area contributed by atoms with Gasteiger partial charge in [-0.2, -0.15) is 24.4 Å². The summed E-state index contributed by atoms with van der Waals surface area (Å²) in [4.78, 5) is 0. The third kappa shape index (κ3) is 15.9. The highest BCUT2D eigenvalue weighted by Crippen LogP contribution is 2.18. The number of benzene rings is 4. The molecule has 228 valence electrons. The van der Waals surface area contributed by atoms with E-state index in [1.165, 1.54) is 128 Å². The van der Waals surface area contributed by atoms with Crippen molar-refractivity contribution >= 4 is 52.0 Å². The molecule has 0 fully saturated rings. The SMILES string of the molecule is C=Cc1ccc2ccccc2c1.CCCCCCCCS.CCCCCCCCSCCc1ccc2ccccc2c1. The zero-order valence-corrected chi connectivity index (χ0v) is 28.2. The molecule has 0 aromatic heterocycles. The molecule has 4 rings (SSSR count). The minimum Gasteiger partial charge on any atom is -0.179 e. The Hall–Kier alpha value is -2.16. The average Bonchev–Trinajstić information content (AvgIpc) is 3.04. The average molecular weight is 601 g/mol. The summed E-state index contributed by atoms with van der Waals surface area (Å²) in [6.45, 7) is 8.27. The maximum atomic E-state index is 4.15. The zero-order valence-electron chi connectivity index (χ0n) is 26.5. The predicted molar refractivity (Wildman–Crippen MR) is 200 cm³/mol. The van der Waals surface area contributed by atoms with Crippen LogP contribution in [0.1, 0.15) is 102 Å². The Kier molecular flexibility index (Phi) is 20.8. The lowest BCUT2D eigenvalue weighted by Gasteiger charge is -2.04. The fourth-order valence-electron chi connectivity index (χ4n) is 4.90. The normalized spacial score (nSPS) is 10.5. The second-order valence-corrected chi connectivity index (χ2v) is 12.8. The minimum atomic E-state index is 1.06. The molecule has 0 aliphatic heterocycles. The fraction of sp³-hybridized carbons (Fsp3) is 0.450. The van der Waals surface area contributed by atoms with Crippen LogP contribution in [0.3, 0.4) is 0 Å². The number of hydrogen-bond acceptors (Lipinski definition) is 2. The van der Waals surface area contributed by atoms with Crippen molar-refractivity contribution in [2.45, 2.75) is 97.3 Å². The van der Waals surface area contributed by atoms with Crippen molar-refractivity contribution in [1.29, 1.82) is 0 Å². The van der Waals surface area contributed by atoms with E-state index in [2.05, 4.69) is 130 Å². The molecule has 42 heavy (non-hydrogen) atoms. The molecule has 4 aromatic rings. The van der Waals surface area contributed by atoms with Gasteiger partial charge in [0.25, 0.3) is 0 Å². The van der Waals surface area contributed by atoms with Crippen LogP contribution < -0.4 is 0 Å². The van der Waals surface area contributed by atoms with E-state index in [0.29, 0.717) is 0 Å². The number of fused-ring (bicyclic) bond motifs is 2. The maximum Gasteiger partial charge on any atom is -0.00270 e. The molecule has 0 heterocycles. The first-order chi connectivity index (χ1) is 20.7. The zero-order chi connectivity index (χ0) is 30.1. The highest BCUT2D eigenvalue weighted by molar-refractivity contribution is 7.99. The maximum absolute atomic E-state index is 4.15. The van der Waals surface area contributed by atoms with Crippen LogP contribution in [0.25, 0.3) is 27.6 Å². The van der Waals surface area contributed by atoms with Crippen molar-refractivity contribution in [2.75, 3.05) is 17.3 Å². The van der Waals surface area contributed by atoms with Gasteiger partial charge in [0.05, 0.1) is 0 Å². The lowest BCUT2D eigenvalue weighted by atomic mass is 10.1. The number of unbranched alkanes of at least 4 members (excludes halogenated alkanes) is 10. The Bertz CT molecular complexity index is 1220. The lowest BCUT2D eigenvalue weighted by molar-refractivity contribution is 0.627. The van der Waals surface area contributed by atoms with Gasteiger partial charge < -0.3 is 0 Å². The van der Waals surface area contributed by atoms with Gasteiger partial charge in [-0.3, -0.25) is 0 Å². The predicted octanol–water partition coefficient (Wildman–Crippen LogP) is 13.2. The summed E-state index contributed by atoms with van der Waals surface area (Å²) in [7, 11) is 0. The number of aryl methyl sites for hydroxylation is 1. The molecule has 0 aliphatic rings. The molecule has 0 spiro atoms. The van der Waals surface area contributed by atoms with Crippen molar-refractivity contribution in [3.05, 3.63) is 103 Å². The van der Waals surface area contributed by atoms with E-state index in [1.807, 2.05) is 6.08 Å². The van der Waals surface area contributed by atoms with Gasteiger partial charge in [0.15, 0.2) is 0 Å². The monoisotopic (exact) mass is 600 g/mol. The summed E-state index contributed by atoms with van der Waals surface area (Å²) < 4.78 is 0. The summed E-state index contributed by atoms with van der Waals surface area (Å²) >= 11 is 6.26. The molecule has 0 amide bonds. The summed E-state index contributed by atoms with van der Waals surface area (Å²) in [5.74, 6) is 3.65. The molecule has 0 radical (unpaired) electrons. The Morgan fingerprint density at radius 1 is 0.571 bits per heavy atom. The van der Waals surface area contributed by atoms with E-state index in [-0.39, 0.29) is 0 Å². The number of thiol groups is 1. The number of rotatable bonds is 17. The second kappa shape index (κ2) is 24.3. The quantitative estimate of drug-likeness (QED) is 0.0929. The van der Waals surface area contributed by atoms with Gasteiger partial charge in [0.1, 0.15) is 0 Å². The van der Waals surface area contributed by atoms with E-state index >= 15 is 0 Å². The molecule has 0 saturated carbocycles. The Labute approximate surface area is 268 Å². The fourth-order valence-corrected chi connectivity index (χ4v) is 6.11. The Morgan fingerprint density at radius 2 is 1.10 bits per heavy atom. The molecule has 0 N–H and O–H groups in total. The third-order valence-corrected chi connectivity index (χ3v) is 8.90. The van der Waals surface area contributed by atoms with Crippen LogP contribution in [0.15, 0.2) is 91.5 Å². The van der Waals surface area contributed by atoms with Gasteiger partial charge >= 0.3 is 0 Å². The van der Waals surface area contributed by atoms with Gasteiger partial charge in [0.2, 0.25) is 0 Å². The van der Waals surface area contributed by atoms with Crippen LogP contribution in [-0.4, -0.2) is 17.3 Å². The molecule has 0 saturated heterocycles. The summed E-state index contributed by atoms with van der Waals surface area (Å²) in [6, 6.07) is 30.2. The number of thioether (sulfide) groups is 1. The topological polar surface area (TPSA) is 0 Å². The molecule has 0 bridgehead atoms. The van der Waals surface area contributed by atoms with E-state index in [4.69, 9.17) is 0 Å². The highest BCUT2D eigenvalue weighted by Gasteiger charge is 1.98. The van der Waals surface area contributed by atoms with Crippen molar-refractivity contribution < 1.29 is 0 Å². The van der Waals surface area contributed by atoms with Crippen LogP contribution in [0.4, 0.5) is 0 Å². The van der Waals surface area contributed by atoms with Gasteiger partial charge in [-0.1, -0.05) is 170 Å². The lowest BCUT2D eigenvalue weighted by Crippen LogP contribution is -1.91. The van der Waals surface area contributed by atoms with E-state index in [1.54, 1.807) is 0 Å². The van der Waals surface area contributed by atoms with E-state index in [9.17, 15) is 0 Å². The van der Waals surface area contributed by atoms with Crippen LogP contribution in [0.2, 0.25) is 0 Å². The standard InChI is InChI=1S/C20H28S.C12H10.C8H18S/c1-2-3-4-5-6-9-15-21-16-14-18-12-13-19-10-7-8-11-20(19)17-18;1-2-10-7-8-11-5-3-4-6-12(11)9-10;1-2-3-4-5-6-7-8-9/h7-8,10-13,17H,2-6,9,14-16H2,1H3;2-9H,1H2;9H,2-8H2,1H3. The molecule has 0 aliphatic carbocycles. The number of hydrogen-bond donors (Lipinski definition) is 1. The van der Waals surface area contributed by atoms with Gasteiger partial charge in [0, 0.05) is 0 Å².